The first-order valence-corrected chi connectivity index (χ1v) is 6.64. The number of benzene rings is 1. The summed E-state index contributed by atoms with van der Waals surface area (Å²) in [5.41, 5.74) is 4.65. The molecule has 2 nitrogen and oxygen atoms in total. The molecule has 4 heteroatoms. The molecule has 0 spiro atoms. The molecule has 1 aromatic carbocycles. The number of rotatable bonds is 1. The standard InChI is InChI=1S/C14H12Cl2N2/c15-13-2-1-9(10-3-6-18-8-14(10)16)12-7-17-5-4-11(12)13/h1-3,6,8,17H,4-5,7H2. The first-order chi connectivity index (χ1) is 8.77. The highest BCUT2D eigenvalue weighted by Crippen LogP contribution is 2.35. The van der Waals surface area contributed by atoms with Crippen molar-refractivity contribution in [2.24, 2.45) is 0 Å². The predicted molar refractivity (Wildman–Crippen MR) is 75.1 cm³/mol. The molecule has 0 amide bonds. The van der Waals surface area contributed by atoms with E-state index in [1.165, 1.54) is 11.1 Å². The SMILES string of the molecule is Clc1cnccc1-c1ccc(Cl)c2c1CNCC2. The third kappa shape index (κ3) is 2.01. The maximum Gasteiger partial charge on any atom is 0.0667 e. The van der Waals surface area contributed by atoms with Gasteiger partial charge in [-0.05, 0) is 41.8 Å². The molecule has 1 aromatic heterocycles. The molecule has 0 fully saturated rings. The van der Waals surface area contributed by atoms with Crippen LogP contribution >= 0.6 is 23.2 Å². The van der Waals surface area contributed by atoms with E-state index < -0.39 is 0 Å². The van der Waals surface area contributed by atoms with Gasteiger partial charge in [0.2, 0.25) is 0 Å². The van der Waals surface area contributed by atoms with E-state index in [0.29, 0.717) is 5.02 Å². The number of hydrogen-bond acceptors (Lipinski definition) is 2. The molecular weight excluding hydrogens is 267 g/mol. The highest BCUT2D eigenvalue weighted by atomic mass is 35.5. The van der Waals surface area contributed by atoms with Crippen LogP contribution in [-0.2, 0) is 13.0 Å². The monoisotopic (exact) mass is 278 g/mol. The van der Waals surface area contributed by atoms with Crippen molar-refractivity contribution in [3.63, 3.8) is 0 Å². The zero-order valence-corrected chi connectivity index (χ0v) is 11.2. The van der Waals surface area contributed by atoms with Crippen LogP contribution in [0.4, 0.5) is 0 Å². The Morgan fingerprint density at radius 2 is 1.89 bits per heavy atom. The summed E-state index contributed by atoms with van der Waals surface area (Å²) >= 11 is 12.5. The first-order valence-electron chi connectivity index (χ1n) is 5.88. The molecule has 0 radical (unpaired) electrons. The van der Waals surface area contributed by atoms with E-state index in [-0.39, 0.29) is 0 Å². The van der Waals surface area contributed by atoms with Gasteiger partial charge < -0.3 is 5.32 Å². The Labute approximate surface area is 116 Å². The summed E-state index contributed by atoms with van der Waals surface area (Å²) < 4.78 is 0. The molecule has 18 heavy (non-hydrogen) atoms. The quantitative estimate of drug-likeness (QED) is 0.861. The molecule has 0 atom stereocenters. The minimum absolute atomic E-state index is 0.674. The van der Waals surface area contributed by atoms with Gasteiger partial charge in [0.1, 0.15) is 0 Å². The highest BCUT2D eigenvalue weighted by Gasteiger charge is 2.17. The molecule has 2 heterocycles. The maximum absolute atomic E-state index is 6.27. The van der Waals surface area contributed by atoms with Crippen molar-refractivity contribution in [1.82, 2.24) is 10.3 Å². The second-order valence-corrected chi connectivity index (χ2v) is 5.15. The molecule has 92 valence electrons. The van der Waals surface area contributed by atoms with Crippen molar-refractivity contribution in [2.45, 2.75) is 13.0 Å². The molecular formula is C14H12Cl2N2. The fraction of sp³-hybridized carbons (Fsp3) is 0.214. The van der Waals surface area contributed by atoms with Crippen LogP contribution in [0.15, 0.2) is 30.6 Å². The lowest BCUT2D eigenvalue weighted by atomic mass is 9.92. The third-order valence-corrected chi connectivity index (χ3v) is 3.95. The second kappa shape index (κ2) is 4.88. The molecule has 0 bridgehead atoms. The molecule has 1 aliphatic heterocycles. The van der Waals surface area contributed by atoms with Crippen LogP contribution in [0.2, 0.25) is 10.0 Å². The number of fused-ring (bicyclic) bond motifs is 1. The van der Waals surface area contributed by atoms with Crippen molar-refractivity contribution in [3.05, 3.63) is 51.8 Å². The van der Waals surface area contributed by atoms with Crippen LogP contribution in [0.1, 0.15) is 11.1 Å². The van der Waals surface area contributed by atoms with Gasteiger partial charge in [-0.2, -0.15) is 0 Å². The minimum atomic E-state index is 0.674. The lowest BCUT2D eigenvalue weighted by Crippen LogP contribution is -2.24. The van der Waals surface area contributed by atoms with Gasteiger partial charge in [0.15, 0.2) is 0 Å². The smallest absolute Gasteiger partial charge is 0.0667 e. The summed E-state index contributed by atoms with van der Waals surface area (Å²) in [6.45, 7) is 1.81. The molecule has 1 aliphatic rings. The normalized spacial score (nSPS) is 14.3. The van der Waals surface area contributed by atoms with Gasteiger partial charge in [0.25, 0.3) is 0 Å². The second-order valence-electron chi connectivity index (χ2n) is 4.33. The summed E-state index contributed by atoms with van der Waals surface area (Å²) in [6, 6.07) is 5.94. The summed E-state index contributed by atoms with van der Waals surface area (Å²) in [5, 5.41) is 4.90. The maximum atomic E-state index is 6.27. The Hall–Kier alpha value is -1.09. The van der Waals surface area contributed by atoms with E-state index in [1.807, 2.05) is 18.2 Å². The third-order valence-electron chi connectivity index (χ3n) is 3.29. The highest BCUT2D eigenvalue weighted by molar-refractivity contribution is 6.33. The van der Waals surface area contributed by atoms with E-state index in [2.05, 4.69) is 10.3 Å². The van der Waals surface area contributed by atoms with Gasteiger partial charge in [0, 0.05) is 29.5 Å². The molecule has 0 unspecified atom stereocenters. The summed E-state index contributed by atoms with van der Waals surface area (Å²) in [4.78, 5) is 4.03. The topological polar surface area (TPSA) is 24.9 Å². The van der Waals surface area contributed by atoms with Gasteiger partial charge >= 0.3 is 0 Å². The minimum Gasteiger partial charge on any atom is -0.312 e. The van der Waals surface area contributed by atoms with Crippen LogP contribution in [0, 0.1) is 0 Å². The number of hydrogen-bond donors (Lipinski definition) is 1. The molecule has 1 N–H and O–H groups in total. The summed E-state index contributed by atoms with van der Waals surface area (Å²) in [5.74, 6) is 0. The summed E-state index contributed by atoms with van der Waals surface area (Å²) in [6.07, 6.45) is 4.40. The Bertz CT molecular complexity index is 596. The van der Waals surface area contributed by atoms with E-state index in [1.54, 1.807) is 12.4 Å². The van der Waals surface area contributed by atoms with Crippen molar-refractivity contribution in [2.75, 3.05) is 6.54 Å². The van der Waals surface area contributed by atoms with Crippen LogP contribution in [0.3, 0.4) is 0 Å². The lowest BCUT2D eigenvalue weighted by molar-refractivity contribution is 0.645. The van der Waals surface area contributed by atoms with Crippen molar-refractivity contribution < 1.29 is 0 Å². The van der Waals surface area contributed by atoms with Crippen molar-refractivity contribution >= 4 is 23.2 Å². The largest absolute Gasteiger partial charge is 0.312 e. The van der Waals surface area contributed by atoms with Gasteiger partial charge in [-0.15, -0.1) is 0 Å². The summed E-state index contributed by atoms with van der Waals surface area (Å²) in [7, 11) is 0. The van der Waals surface area contributed by atoms with E-state index in [4.69, 9.17) is 23.2 Å². The van der Waals surface area contributed by atoms with Crippen molar-refractivity contribution in [3.8, 4) is 11.1 Å². The van der Waals surface area contributed by atoms with Gasteiger partial charge in [-0.1, -0.05) is 29.3 Å². The molecule has 0 aliphatic carbocycles. The predicted octanol–water partition coefficient (Wildman–Crippen LogP) is 3.70. The van der Waals surface area contributed by atoms with Gasteiger partial charge in [-0.25, -0.2) is 0 Å². The van der Waals surface area contributed by atoms with E-state index >= 15 is 0 Å². The van der Waals surface area contributed by atoms with E-state index in [0.717, 1.165) is 35.7 Å². The first kappa shape index (κ1) is 12.0. The Morgan fingerprint density at radius 1 is 1.00 bits per heavy atom. The Morgan fingerprint density at radius 3 is 2.72 bits per heavy atom. The van der Waals surface area contributed by atoms with Crippen molar-refractivity contribution in [1.29, 1.82) is 0 Å². The fourth-order valence-electron chi connectivity index (χ4n) is 2.41. The molecule has 2 aromatic rings. The molecule has 3 rings (SSSR count). The lowest BCUT2D eigenvalue weighted by Gasteiger charge is -2.22. The molecule has 0 saturated carbocycles. The zero-order valence-electron chi connectivity index (χ0n) is 9.71. The van der Waals surface area contributed by atoms with Gasteiger partial charge in [0.05, 0.1) is 5.02 Å². The Balaban J connectivity index is 2.22. The Kier molecular flexibility index (Phi) is 3.25. The van der Waals surface area contributed by atoms with Crippen LogP contribution < -0.4 is 5.32 Å². The number of nitrogens with zero attached hydrogens (tertiary/aromatic N) is 1. The average molecular weight is 279 g/mol. The number of nitrogens with one attached hydrogen (secondary N) is 1. The number of aromatic nitrogens is 1. The fourth-order valence-corrected chi connectivity index (χ4v) is 2.90. The average Bonchev–Trinajstić information content (AvgIpc) is 2.41. The number of pyridine rings is 1. The zero-order chi connectivity index (χ0) is 12.5. The van der Waals surface area contributed by atoms with Crippen LogP contribution in [0.25, 0.3) is 11.1 Å². The van der Waals surface area contributed by atoms with E-state index in [9.17, 15) is 0 Å². The number of halogens is 2. The van der Waals surface area contributed by atoms with Gasteiger partial charge in [-0.3, -0.25) is 4.98 Å². The molecule has 0 saturated heterocycles. The van der Waals surface area contributed by atoms with Crippen LogP contribution in [0.5, 0.6) is 0 Å². The van der Waals surface area contributed by atoms with Crippen LogP contribution in [-0.4, -0.2) is 11.5 Å².